The number of hydrogen-bond acceptors (Lipinski definition) is 7. The molecule has 4 aromatic carbocycles. The highest BCUT2D eigenvalue weighted by Crippen LogP contribution is 2.33. The van der Waals surface area contributed by atoms with Crippen LogP contribution in [0.4, 0.5) is 21.0 Å². The van der Waals surface area contributed by atoms with E-state index in [4.69, 9.17) is 4.74 Å². The fraction of sp³-hybridized carbons (Fsp3) is 0.243. The minimum atomic E-state index is -0.585. The Hall–Kier alpha value is -5.19. The van der Waals surface area contributed by atoms with Gasteiger partial charge in [0.15, 0.2) is 0 Å². The van der Waals surface area contributed by atoms with Crippen molar-refractivity contribution in [3.63, 3.8) is 0 Å². The molecule has 0 spiro atoms. The van der Waals surface area contributed by atoms with Crippen LogP contribution >= 0.6 is 0 Å². The van der Waals surface area contributed by atoms with E-state index in [1.807, 2.05) is 71.7 Å². The van der Waals surface area contributed by atoms with Crippen molar-refractivity contribution in [1.82, 2.24) is 15.6 Å². The lowest BCUT2D eigenvalue weighted by atomic mass is 10.0. The number of amides is 4. The molecule has 0 atom stereocenters. The number of phenols is 1. The number of piperidine rings is 1. The van der Waals surface area contributed by atoms with Crippen LogP contribution in [0.2, 0.25) is 0 Å². The number of carbonyl (C=O) groups excluding carboxylic acids is 3. The summed E-state index contributed by atoms with van der Waals surface area (Å²) in [5.74, 6) is -0.296. The molecule has 1 fully saturated rings. The van der Waals surface area contributed by atoms with E-state index in [-0.39, 0.29) is 25.3 Å². The highest BCUT2D eigenvalue weighted by atomic mass is 16.6. The van der Waals surface area contributed by atoms with E-state index < -0.39 is 18.0 Å². The van der Waals surface area contributed by atoms with Gasteiger partial charge in [-0.2, -0.15) is 0 Å². The van der Waals surface area contributed by atoms with Gasteiger partial charge in [-0.1, -0.05) is 78.9 Å². The number of nitrogens with zero attached hydrogens (tertiary/aromatic N) is 3. The third-order valence-electron chi connectivity index (χ3n) is 7.71. The summed E-state index contributed by atoms with van der Waals surface area (Å²) in [7, 11) is 0. The number of benzene rings is 4. The van der Waals surface area contributed by atoms with E-state index in [0.717, 1.165) is 34.4 Å². The maximum Gasteiger partial charge on any atom is 0.429 e. The Labute approximate surface area is 275 Å². The standard InChI is InChI=1S/C37H40N5O5/c43-32-20-18-29(19-21-32)28-38-23-24-39-36(45)41(31-14-6-2-7-15-31)35(44)22-27-47-37(46)42(40-25-10-3-11-26-40)34-17-9-8-16-33(34)30-12-4-1-5-13-30/h1-9,12-21,38,43H,10-11,22-28H2,(H,39,45). The van der Waals surface area contributed by atoms with Crippen LogP contribution in [0, 0.1) is 6.42 Å². The second-order valence-corrected chi connectivity index (χ2v) is 11.0. The molecule has 1 aliphatic heterocycles. The smallest absolute Gasteiger partial charge is 0.429 e. The van der Waals surface area contributed by atoms with Gasteiger partial charge in [-0.15, -0.1) is 0 Å². The van der Waals surface area contributed by atoms with E-state index >= 15 is 0 Å². The molecule has 0 bridgehead atoms. The van der Waals surface area contributed by atoms with Crippen LogP contribution in [0.3, 0.4) is 0 Å². The van der Waals surface area contributed by atoms with Crippen LogP contribution in [-0.4, -0.2) is 60.9 Å². The number of carbonyl (C=O) groups is 3. The first-order valence-electron chi connectivity index (χ1n) is 15.8. The monoisotopic (exact) mass is 634 g/mol. The highest BCUT2D eigenvalue weighted by molar-refractivity contribution is 6.14. The number of nitrogens with one attached hydrogen (secondary N) is 2. The molecule has 10 heteroatoms. The molecule has 1 radical (unpaired) electrons. The van der Waals surface area contributed by atoms with Crippen LogP contribution in [0.15, 0.2) is 109 Å². The lowest BCUT2D eigenvalue weighted by molar-refractivity contribution is -0.118. The predicted octanol–water partition coefficient (Wildman–Crippen LogP) is 6.14. The quantitative estimate of drug-likeness (QED) is 0.161. The Kier molecular flexibility index (Phi) is 12.0. The molecule has 243 valence electrons. The number of ether oxygens (including phenoxy) is 1. The van der Waals surface area contributed by atoms with Crippen molar-refractivity contribution in [2.45, 2.75) is 25.8 Å². The van der Waals surface area contributed by atoms with Gasteiger partial charge < -0.3 is 20.5 Å². The molecular weight excluding hydrogens is 594 g/mol. The van der Waals surface area contributed by atoms with E-state index in [9.17, 15) is 19.5 Å². The van der Waals surface area contributed by atoms with Crippen LogP contribution in [-0.2, 0) is 16.1 Å². The van der Waals surface area contributed by atoms with Crippen LogP contribution in [0.5, 0.6) is 5.75 Å². The third-order valence-corrected chi connectivity index (χ3v) is 7.71. The van der Waals surface area contributed by atoms with Crippen molar-refractivity contribution in [2.24, 2.45) is 0 Å². The predicted molar refractivity (Wildman–Crippen MR) is 183 cm³/mol. The zero-order valence-corrected chi connectivity index (χ0v) is 26.3. The fourth-order valence-electron chi connectivity index (χ4n) is 5.36. The molecule has 0 aromatic heterocycles. The molecule has 1 heterocycles. The van der Waals surface area contributed by atoms with Gasteiger partial charge >= 0.3 is 12.1 Å². The van der Waals surface area contributed by atoms with Gasteiger partial charge in [0.1, 0.15) is 12.4 Å². The number of anilines is 2. The first-order valence-corrected chi connectivity index (χ1v) is 15.8. The first kappa shape index (κ1) is 33.2. The summed E-state index contributed by atoms with van der Waals surface area (Å²) >= 11 is 0. The topological polar surface area (TPSA) is 114 Å². The molecule has 0 unspecified atom stereocenters. The first-order chi connectivity index (χ1) is 23.0. The molecule has 4 amide bonds. The maximum absolute atomic E-state index is 13.7. The Bertz CT molecular complexity index is 1590. The number of aromatic hydroxyl groups is 1. The molecule has 3 N–H and O–H groups in total. The average Bonchev–Trinajstić information content (AvgIpc) is 3.11. The summed E-state index contributed by atoms with van der Waals surface area (Å²) in [6, 6.07) is 32.5. The highest BCUT2D eigenvalue weighted by Gasteiger charge is 2.29. The lowest BCUT2D eigenvalue weighted by Gasteiger charge is -2.37. The Morgan fingerprint density at radius 1 is 0.787 bits per heavy atom. The molecule has 1 saturated heterocycles. The van der Waals surface area contributed by atoms with E-state index in [0.29, 0.717) is 37.6 Å². The van der Waals surface area contributed by atoms with Crippen LogP contribution < -0.4 is 20.5 Å². The third kappa shape index (κ3) is 9.18. The molecule has 47 heavy (non-hydrogen) atoms. The largest absolute Gasteiger partial charge is 0.508 e. The Balaban J connectivity index is 1.22. The second kappa shape index (κ2) is 16.9. The number of para-hydroxylation sites is 2. The molecule has 4 aromatic rings. The Morgan fingerprint density at radius 3 is 2.17 bits per heavy atom. The maximum atomic E-state index is 13.7. The van der Waals surface area contributed by atoms with Crippen LogP contribution in [0.1, 0.15) is 24.8 Å². The number of hydrazine groups is 1. The summed E-state index contributed by atoms with van der Waals surface area (Å²) in [6.45, 7) is 2.42. The molecule has 0 aliphatic carbocycles. The van der Waals surface area contributed by atoms with Crippen molar-refractivity contribution in [3.8, 4) is 16.9 Å². The van der Waals surface area contributed by atoms with Crippen molar-refractivity contribution >= 4 is 29.4 Å². The van der Waals surface area contributed by atoms with E-state index in [1.54, 1.807) is 47.5 Å². The molecule has 1 aliphatic rings. The summed E-state index contributed by atoms with van der Waals surface area (Å²) in [4.78, 5) is 41.5. The molecule has 0 saturated carbocycles. The van der Waals surface area contributed by atoms with Gasteiger partial charge in [-0.05, 0) is 60.7 Å². The van der Waals surface area contributed by atoms with Gasteiger partial charge in [-0.25, -0.2) is 24.5 Å². The molecular formula is C37H40N5O5. The zero-order chi connectivity index (χ0) is 32.8. The number of imide groups is 1. The van der Waals surface area contributed by atoms with Crippen LogP contribution in [0.25, 0.3) is 11.1 Å². The van der Waals surface area contributed by atoms with Crippen molar-refractivity contribution in [1.29, 1.82) is 0 Å². The van der Waals surface area contributed by atoms with E-state index in [2.05, 4.69) is 17.1 Å². The van der Waals surface area contributed by atoms with Gasteiger partial charge in [-0.3, -0.25) is 4.79 Å². The fourth-order valence-corrected chi connectivity index (χ4v) is 5.36. The van der Waals surface area contributed by atoms with Gasteiger partial charge in [0.2, 0.25) is 5.91 Å². The van der Waals surface area contributed by atoms with Gasteiger partial charge in [0.05, 0.1) is 17.8 Å². The van der Waals surface area contributed by atoms with Crippen molar-refractivity contribution < 1.29 is 24.2 Å². The average molecular weight is 635 g/mol. The van der Waals surface area contributed by atoms with Crippen molar-refractivity contribution in [2.75, 3.05) is 42.7 Å². The summed E-state index contributed by atoms with van der Waals surface area (Å²) in [5.41, 5.74) is 3.97. The normalized spacial score (nSPS) is 13.0. The van der Waals surface area contributed by atoms with Gasteiger partial charge in [0, 0.05) is 38.3 Å². The zero-order valence-electron chi connectivity index (χ0n) is 26.3. The molecule has 5 rings (SSSR count). The minimum absolute atomic E-state index is 0.185. The summed E-state index contributed by atoms with van der Waals surface area (Å²) < 4.78 is 5.73. The number of urea groups is 1. The van der Waals surface area contributed by atoms with Crippen molar-refractivity contribution in [3.05, 3.63) is 121 Å². The number of rotatable bonds is 12. The molecule has 10 nitrogen and oxygen atoms in total. The summed E-state index contributed by atoms with van der Waals surface area (Å²) in [6.07, 6.45) is 3.11. The number of hydrogen-bond donors (Lipinski definition) is 3. The Morgan fingerprint density at radius 2 is 1.45 bits per heavy atom. The van der Waals surface area contributed by atoms with E-state index in [1.165, 1.54) is 0 Å². The SMILES string of the molecule is O=C(CCOC(=O)N(c1ccccc1-c1ccccc1)N1CC[CH]CC1)N(C(=O)NCCNCc1ccc(O)cc1)c1ccccc1. The summed E-state index contributed by atoms with van der Waals surface area (Å²) in [5, 5.41) is 19.0. The lowest BCUT2D eigenvalue weighted by Crippen LogP contribution is -2.50. The minimum Gasteiger partial charge on any atom is -0.508 e. The second-order valence-electron chi connectivity index (χ2n) is 11.0. The number of phenolic OH excluding ortho intramolecular Hbond substituents is 1. The van der Waals surface area contributed by atoms with Gasteiger partial charge in [0.25, 0.3) is 0 Å².